The number of benzene rings is 1. The number of hydrogen-bond acceptors (Lipinski definition) is 4. The Kier molecular flexibility index (Phi) is 2.74. The molecule has 2 rings (SSSR count). The third-order valence-electron chi connectivity index (χ3n) is 1.94. The van der Waals surface area contributed by atoms with Gasteiger partial charge in [0.1, 0.15) is 12.1 Å². The second kappa shape index (κ2) is 4.36. The zero-order valence-corrected chi connectivity index (χ0v) is 8.18. The molecule has 0 aliphatic rings. The molecule has 1 N–H and O–H groups in total. The van der Waals surface area contributed by atoms with Gasteiger partial charge in [0.2, 0.25) is 0 Å². The van der Waals surface area contributed by atoms with Crippen LogP contribution >= 0.6 is 0 Å². The molecular weight excluding hydrogens is 207 g/mol. The van der Waals surface area contributed by atoms with E-state index in [0.29, 0.717) is 5.69 Å². The van der Waals surface area contributed by atoms with Crippen LogP contribution in [0.1, 0.15) is 5.56 Å². The molecule has 0 atom stereocenters. The van der Waals surface area contributed by atoms with Crippen LogP contribution in [0.4, 0.5) is 15.8 Å². The van der Waals surface area contributed by atoms with E-state index in [1.54, 1.807) is 0 Å². The van der Waals surface area contributed by atoms with Gasteiger partial charge in [-0.05, 0) is 18.2 Å². The van der Waals surface area contributed by atoms with Crippen LogP contribution in [0.15, 0.2) is 36.9 Å². The van der Waals surface area contributed by atoms with Crippen LogP contribution in [0, 0.1) is 17.1 Å². The van der Waals surface area contributed by atoms with Gasteiger partial charge in [-0.1, -0.05) is 0 Å². The molecule has 0 bridgehead atoms. The molecule has 78 valence electrons. The molecule has 0 fully saturated rings. The number of hydrogen-bond donors (Lipinski definition) is 1. The van der Waals surface area contributed by atoms with Crippen LogP contribution in [0.25, 0.3) is 0 Å². The highest BCUT2D eigenvalue weighted by Gasteiger charge is 2.03. The summed E-state index contributed by atoms with van der Waals surface area (Å²) in [6, 6.07) is 6.08. The SMILES string of the molecule is N#Cc1ccc(Nc2cncnc2)c(F)c1. The zero-order valence-electron chi connectivity index (χ0n) is 8.18. The summed E-state index contributed by atoms with van der Waals surface area (Å²) < 4.78 is 13.5. The first-order chi connectivity index (χ1) is 7.79. The summed E-state index contributed by atoms with van der Waals surface area (Å²) >= 11 is 0. The van der Waals surface area contributed by atoms with Crippen LogP contribution in [-0.4, -0.2) is 9.97 Å². The third kappa shape index (κ3) is 2.12. The number of anilines is 2. The highest BCUT2D eigenvalue weighted by atomic mass is 19.1. The molecule has 0 saturated carbocycles. The molecule has 16 heavy (non-hydrogen) atoms. The van der Waals surface area contributed by atoms with Crippen LogP contribution < -0.4 is 5.32 Å². The van der Waals surface area contributed by atoms with E-state index in [1.807, 2.05) is 6.07 Å². The summed E-state index contributed by atoms with van der Waals surface area (Å²) in [4.78, 5) is 7.59. The van der Waals surface area contributed by atoms with Crippen molar-refractivity contribution in [2.45, 2.75) is 0 Å². The molecule has 1 aromatic heterocycles. The van der Waals surface area contributed by atoms with Crippen LogP contribution in [0.3, 0.4) is 0 Å². The maximum absolute atomic E-state index is 13.5. The van der Waals surface area contributed by atoms with Crippen molar-refractivity contribution in [1.82, 2.24) is 9.97 Å². The van der Waals surface area contributed by atoms with Crippen molar-refractivity contribution < 1.29 is 4.39 Å². The quantitative estimate of drug-likeness (QED) is 0.832. The molecule has 0 unspecified atom stereocenters. The van der Waals surface area contributed by atoms with Crippen molar-refractivity contribution in [2.75, 3.05) is 5.32 Å². The van der Waals surface area contributed by atoms with Gasteiger partial charge in [-0.2, -0.15) is 5.26 Å². The van der Waals surface area contributed by atoms with E-state index in [2.05, 4.69) is 15.3 Å². The first kappa shape index (κ1) is 10.1. The Morgan fingerprint density at radius 2 is 2.00 bits per heavy atom. The van der Waals surface area contributed by atoms with Crippen LogP contribution in [-0.2, 0) is 0 Å². The summed E-state index contributed by atoms with van der Waals surface area (Å²) in [5, 5.41) is 11.4. The molecular formula is C11H7FN4. The fraction of sp³-hybridized carbons (Fsp3) is 0. The average molecular weight is 214 g/mol. The molecule has 1 heterocycles. The Hall–Kier alpha value is -2.48. The lowest BCUT2D eigenvalue weighted by atomic mass is 10.2. The van der Waals surface area contributed by atoms with E-state index in [9.17, 15) is 4.39 Å². The number of nitrogens with one attached hydrogen (secondary N) is 1. The molecule has 0 amide bonds. The summed E-state index contributed by atoms with van der Waals surface area (Å²) in [5.41, 5.74) is 1.16. The Morgan fingerprint density at radius 3 is 2.62 bits per heavy atom. The Bertz CT molecular complexity index is 533. The van der Waals surface area contributed by atoms with Gasteiger partial charge in [0.25, 0.3) is 0 Å². The molecule has 0 aliphatic carbocycles. The minimum atomic E-state index is -0.483. The minimum absolute atomic E-state index is 0.285. The lowest BCUT2D eigenvalue weighted by Crippen LogP contribution is -1.95. The van der Waals surface area contributed by atoms with Gasteiger partial charge in [0, 0.05) is 0 Å². The molecule has 5 heteroatoms. The van der Waals surface area contributed by atoms with Gasteiger partial charge < -0.3 is 5.32 Å². The Morgan fingerprint density at radius 1 is 1.25 bits per heavy atom. The van der Waals surface area contributed by atoms with Gasteiger partial charge in [0.05, 0.1) is 35.4 Å². The highest BCUT2D eigenvalue weighted by molar-refractivity contribution is 5.59. The second-order valence-electron chi connectivity index (χ2n) is 3.06. The summed E-state index contributed by atoms with van der Waals surface area (Å²) in [7, 11) is 0. The minimum Gasteiger partial charge on any atom is -0.351 e. The Labute approximate surface area is 91.4 Å². The van der Waals surface area contributed by atoms with Crippen molar-refractivity contribution in [3.63, 3.8) is 0 Å². The van der Waals surface area contributed by atoms with Gasteiger partial charge in [-0.25, -0.2) is 14.4 Å². The van der Waals surface area contributed by atoms with E-state index in [4.69, 9.17) is 5.26 Å². The van der Waals surface area contributed by atoms with Crippen molar-refractivity contribution in [3.8, 4) is 6.07 Å². The maximum atomic E-state index is 13.5. The normalized spacial score (nSPS) is 9.50. The molecule has 0 spiro atoms. The molecule has 0 aliphatic heterocycles. The summed E-state index contributed by atoms with van der Waals surface area (Å²) in [6.45, 7) is 0. The molecule has 2 aromatic rings. The van der Waals surface area contributed by atoms with Gasteiger partial charge in [-0.3, -0.25) is 0 Å². The molecule has 0 saturated heterocycles. The topological polar surface area (TPSA) is 61.6 Å². The van der Waals surface area contributed by atoms with E-state index in [-0.39, 0.29) is 11.3 Å². The van der Waals surface area contributed by atoms with Gasteiger partial charge in [-0.15, -0.1) is 0 Å². The molecule has 0 radical (unpaired) electrons. The van der Waals surface area contributed by atoms with Gasteiger partial charge in [0.15, 0.2) is 0 Å². The first-order valence-electron chi connectivity index (χ1n) is 4.51. The maximum Gasteiger partial charge on any atom is 0.147 e. The number of nitriles is 1. The standard InChI is InChI=1S/C11H7FN4/c12-10-3-8(4-13)1-2-11(10)16-9-5-14-7-15-6-9/h1-3,5-7,16H. The summed E-state index contributed by atoms with van der Waals surface area (Å²) in [5.74, 6) is -0.483. The lowest BCUT2D eigenvalue weighted by molar-refractivity contribution is 0.631. The van der Waals surface area contributed by atoms with Gasteiger partial charge >= 0.3 is 0 Å². The predicted octanol–water partition coefficient (Wildman–Crippen LogP) is 2.23. The van der Waals surface area contributed by atoms with Crippen LogP contribution in [0.5, 0.6) is 0 Å². The van der Waals surface area contributed by atoms with Crippen molar-refractivity contribution in [2.24, 2.45) is 0 Å². The van der Waals surface area contributed by atoms with Crippen LogP contribution in [0.2, 0.25) is 0 Å². The largest absolute Gasteiger partial charge is 0.351 e. The third-order valence-corrected chi connectivity index (χ3v) is 1.94. The lowest BCUT2D eigenvalue weighted by Gasteiger charge is -2.06. The van der Waals surface area contributed by atoms with E-state index < -0.39 is 5.82 Å². The smallest absolute Gasteiger partial charge is 0.147 e. The fourth-order valence-electron chi connectivity index (χ4n) is 1.21. The zero-order chi connectivity index (χ0) is 11.4. The van der Waals surface area contributed by atoms with Crippen molar-refractivity contribution in [1.29, 1.82) is 5.26 Å². The average Bonchev–Trinajstić information content (AvgIpc) is 2.33. The first-order valence-corrected chi connectivity index (χ1v) is 4.51. The van der Waals surface area contributed by atoms with E-state index in [1.165, 1.54) is 36.9 Å². The fourth-order valence-corrected chi connectivity index (χ4v) is 1.21. The number of halogens is 1. The highest BCUT2D eigenvalue weighted by Crippen LogP contribution is 2.19. The Balaban J connectivity index is 2.27. The van der Waals surface area contributed by atoms with Crippen molar-refractivity contribution >= 4 is 11.4 Å². The van der Waals surface area contributed by atoms with E-state index in [0.717, 1.165) is 0 Å². The van der Waals surface area contributed by atoms with Crippen molar-refractivity contribution in [3.05, 3.63) is 48.3 Å². The monoisotopic (exact) mass is 214 g/mol. The predicted molar refractivity (Wildman–Crippen MR) is 56.4 cm³/mol. The molecule has 1 aromatic carbocycles. The molecule has 4 nitrogen and oxygen atoms in total. The number of aromatic nitrogens is 2. The number of nitrogens with zero attached hydrogens (tertiary/aromatic N) is 3. The summed E-state index contributed by atoms with van der Waals surface area (Å²) in [6.07, 6.45) is 4.45. The number of rotatable bonds is 2. The second-order valence-corrected chi connectivity index (χ2v) is 3.06. The van der Waals surface area contributed by atoms with E-state index >= 15 is 0 Å².